The van der Waals surface area contributed by atoms with Crippen molar-refractivity contribution in [3.63, 3.8) is 0 Å². The summed E-state index contributed by atoms with van der Waals surface area (Å²) in [6.45, 7) is 3.32. The first kappa shape index (κ1) is 14.7. The van der Waals surface area contributed by atoms with Crippen molar-refractivity contribution in [2.75, 3.05) is 17.3 Å². The molecule has 1 amide bonds. The lowest BCUT2D eigenvalue weighted by molar-refractivity contribution is -0.147. The van der Waals surface area contributed by atoms with Crippen molar-refractivity contribution in [3.05, 3.63) is 0 Å². The topological polar surface area (TPSA) is 66.4 Å². The Kier molecular flexibility index (Phi) is 5.66. The third-order valence-electron chi connectivity index (χ3n) is 2.89. The fourth-order valence-electron chi connectivity index (χ4n) is 1.51. The Morgan fingerprint density at radius 3 is 2.65 bits per heavy atom. The molecule has 1 aliphatic heterocycles. The molecule has 1 saturated heterocycles. The molecular weight excluding hydrogens is 258 g/mol. The summed E-state index contributed by atoms with van der Waals surface area (Å²) in [5, 5.41) is 12.0. The first-order chi connectivity index (χ1) is 7.98. The molecule has 1 rings (SSSR count). The molecule has 1 fully saturated rings. The molecule has 0 aromatic carbocycles. The molecule has 6 heteroatoms. The maximum absolute atomic E-state index is 11.8. The summed E-state index contributed by atoms with van der Waals surface area (Å²) in [6, 6.07) is 0. The van der Waals surface area contributed by atoms with E-state index >= 15 is 0 Å². The van der Waals surface area contributed by atoms with E-state index in [2.05, 4.69) is 5.32 Å². The third kappa shape index (κ3) is 4.43. The standard InChI is InChI=1S/C11H19NO3S2/c1-3-11(2,10(14)15)12-9(13)6-8-7-16-4-5-17-8/h8H,3-7H2,1-2H3,(H,12,13)(H,14,15). The van der Waals surface area contributed by atoms with E-state index in [1.165, 1.54) is 0 Å². The number of amides is 1. The van der Waals surface area contributed by atoms with E-state index in [1.807, 2.05) is 11.8 Å². The summed E-state index contributed by atoms with van der Waals surface area (Å²) in [5.74, 6) is 2.07. The molecule has 17 heavy (non-hydrogen) atoms. The van der Waals surface area contributed by atoms with Gasteiger partial charge in [0.2, 0.25) is 5.91 Å². The number of carboxylic acid groups (broad SMARTS) is 1. The minimum absolute atomic E-state index is 0.156. The van der Waals surface area contributed by atoms with Crippen molar-refractivity contribution in [1.29, 1.82) is 0 Å². The zero-order valence-corrected chi connectivity index (χ0v) is 11.8. The number of thioether (sulfide) groups is 2. The van der Waals surface area contributed by atoms with Crippen LogP contribution in [0.5, 0.6) is 0 Å². The number of carbonyl (C=O) groups excluding carboxylic acids is 1. The van der Waals surface area contributed by atoms with Crippen molar-refractivity contribution >= 4 is 35.4 Å². The van der Waals surface area contributed by atoms with Gasteiger partial charge in [0.25, 0.3) is 0 Å². The Hall–Kier alpha value is -0.360. The monoisotopic (exact) mass is 277 g/mol. The zero-order chi connectivity index (χ0) is 12.9. The summed E-state index contributed by atoms with van der Waals surface area (Å²) in [6.07, 6.45) is 0.807. The van der Waals surface area contributed by atoms with Crippen LogP contribution in [0.15, 0.2) is 0 Å². The SMILES string of the molecule is CCC(C)(NC(=O)CC1CSCCS1)C(=O)O. The van der Waals surface area contributed by atoms with Gasteiger partial charge in [0.1, 0.15) is 5.54 Å². The maximum Gasteiger partial charge on any atom is 0.329 e. The van der Waals surface area contributed by atoms with Gasteiger partial charge in [-0.2, -0.15) is 23.5 Å². The molecule has 0 spiro atoms. The summed E-state index contributed by atoms with van der Waals surface area (Å²) in [5.41, 5.74) is -1.14. The van der Waals surface area contributed by atoms with E-state index in [-0.39, 0.29) is 5.91 Å². The number of carbonyl (C=O) groups is 2. The Labute approximate surface area is 110 Å². The van der Waals surface area contributed by atoms with Crippen LogP contribution in [-0.4, -0.2) is 45.0 Å². The molecule has 98 valence electrons. The Balaban J connectivity index is 2.44. The van der Waals surface area contributed by atoms with Crippen LogP contribution in [0.4, 0.5) is 0 Å². The van der Waals surface area contributed by atoms with E-state index in [1.54, 1.807) is 25.6 Å². The van der Waals surface area contributed by atoms with Crippen molar-refractivity contribution < 1.29 is 14.7 Å². The van der Waals surface area contributed by atoms with Crippen LogP contribution in [0.25, 0.3) is 0 Å². The average molecular weight is 277 g/mol. The normalized spacial score (nSPS) is 23.8. The van der Waals surface area contributed by atoms with Gasteiger partial charge >= 0.3 is 5.97 Å². The van der Waals surface area contributed by atoms with Gasteiger partial charge in [-0.25, -0.2) is 4.79 Å². The molecule has 0 bridgehead atoms. The molecule has 0 saturated carbocycles. The predicted molar refractivity (Wildman–Crippen MR) is 72.7 cm³/mol. The highest BCUT2D eigenvalue weighted by molar-refractivity contribution is 8.06. The summed E-state index contributed by atoms with van der Waals surface area (Å²) in [7, 11) is 0. The van der Waals surface area contributed by atoms with E-state index < -0.39 is 11.5 Å². The zero-order valence-electron chi connectivity index (χ0n) is 10.2. The van der Waals surface area contributed by atoms with Crippen LogP contribution in [0.1, 0.15) is 26.7 Å². The van der Waals surface area contributed by atoms with Crippen LogP contribution in [-0.2, 0) is 9.59 Å². The number of rotatable bonds is 5. The average Bonchev–Trinajstić information content (AvgIpc) is 2.29. The number of carboxylic acids is 1. The molecule has 2 N–H and O–H groups in total. The van der Waals surface area contributed by atoms with Gasteiger partial charge in [-0.15, -0.1) is 0 Å². The fraction of sp³-hybridized carbons (Fsp3) is 0.818. The smallest absolute Gasteiger partial charge is 0.329 e. The van der Waals surface area contributed by atoms with Crippen LogP contribution in [0.2, 0.25) is 0 Å². The quantitative estimate of drug-likeness (QED) is 0.799. The van der Waals surface area contributed by atoms with Gasteiger partial charge in [0, 0.05) is 28.9 Å². The summed E-state index contributed by atoms with van der Waals surface area (Å²) in [4.78, 5) is 22.8. The number of hydrogen-bond acceptors (Lipinski definition) is 4. The molecule has 0 aromatic heterocycles. The van der Waals surface area contributed by atoms with Crippen LogP contribution < -0.4 is 5.32 Å². The molecule has 4 nitrogen and oxygen atoms in total. The molecule has 1 heterocycles. The van der Waals surface area contributed by atoms with E-state index in [9.17, 15) is 9.59 Å². The Bertz CT molecular complexity index is 292. The van der Waals surface area contributed by atoms with Crippen molar-refractivity contribution in [2.24, 2.45) is 0 Å². The number of hydrogen-bond donors (Lipinski definition) is 2. The van der Waals surface area contributed by atoms with Gasteiger partial charge in [-0.05, 0) is 13.3 Å². The molecule has 2 unspecified atom stereocenters. The lowest BCUT2D eigenvalue weighted by Crippen LogP contribution is -2.52. The number of aliphatic carboxylic acids is 1. The minimum Gasteiger partial charge on any atom is -0.480 e. The summed E-state index contributed by atoms with van der Waals surface area (Å²) < 4.78 is 0. The molecule has 1 aliphatic rings. The number of nitrogens with one attached hydrogen (secondary N) is 1. The lowest BCUT2D eigenvalue weighted by atomic mass is 9.99. The maximum atomic E-state index is 11.8. The van der Waals surface area contributed by atoms with E-state index in [0.717, 1.165) is 17.3 Å². The first-order valence-electron chi connectivity index (χ1n) is 5.71. The molecule has 0 aromatic rings. The van der Waals surface area contributed by atoms with E-state index in [4.69, 9.17) is 5.11 Å². The predicted octanol–water partition coefficient (Wildman–Crippen LogP) is 1.59. The highest BCUT2D eigenvalue weighted by Gasteiger charge is 2.33. The van der Waals surface area contributed by atoms with Crippen molar-refractivity contribution in [1.82, 2.24) is 5.32 Å². The second-order valence-corrected chi connectivity index (χ2v) is 6.87. The molecule has 2 atom stereocenters. The Morgan fingerprint density at radius 1 is 1.47 bits per heavy atom. The van der Waals surface area contributed by atoms with Gasteiger partial charge in [-0.3, -0.25) is 4.79 Å². The van der Waals surface area contributed by atoms with Gasteiger partial charge in [0.05, 0.1) is 0 Å². The molecule has 0 aliphatic carbocycles. The van der Waals surface area contributed by atoms with E-state index in [0.29, 0.717) is 18.1 Å². The van der Waals surface area contributed by atoms with Crippen molar-refractivity contribution in [2.45, 2.75) is 37.5 Å². The van der Waals surface area contributed by atoms with Gasteiger partial charge in [-0.1, -0.05) is 6.92 Å². The largest absolute Gasteiger partial charge is 0.480 e. The van der Waals surface area contributed by atoms with Crippen LogP contribution in [0, 0.1) is 0 Å². The van der Waals surface area contributed by atoms with Gasteiger partial charge < -0.3 is 10.4 Å². The second kappa shape index (κ2) is 6.54. The first-order valence-corrected chi connectivity index (χ1v) is 7.92. The van der Waals surface area contributed by atoms with Gasteiger partial charge in [0.15, 0.2) is 0 Å². The lowest BCUT2D eigenvalue weighted by Gasteiger charge is -2.26. The van der Waals surface area contributed by atoms with Crippen LogP contribution >= 0.6 is 23.5 Å². The highest BCUT2D eigenvalue weighted by Crippen LogP contribution is 2.26. The van der Waals surface area contributed by atoms with Crippen LogP contribution in [0.3, 0.4) is 0 Å². The Morgan fingerprint density at radius 2 is 2.18 bits per heavy atom. The summed E-state index contributed by atoms with van der Waals surface area (Å²) >= 11 is 3.66. The molecule has 0 radical (unpaired) electrons. The fourth-order valence-corrected chi connectivity index (χ4v) is 4.19. The van der Waals surface area contributed by atoms with Crippen molar-refractivity contribution in [3.8, 4) is 0 Å². The second-order valence-electron chi connectivity index (χ2n) is 4.31. The highest BCUT2D eigenvalue weighted by atomic mass is 32.2. The minimum atomic E-state index is -1.14. The molecular formula is C11H19NO3S2. The third-order valence-corrected chi connectivity index (χ3v) is 5.74.